The number of ether oxygens (including phenoxy) is 1. The number of hydrogen-bond acceptors (Lipinski definition) is 2. The molecule has 2 saturated carbocycles. The Bertz CT molecular complexity index is 689. The molecular weight excluding hydrogens is 373 g/mol. The van der Waals surface area contributed by atoms with Crippen LogP contribution in [0.3, 0.4) is 0 Å². The summed E-state index contributed by atoms with van der Waals surface area (Å²) < 4.78 is 19.2. The SMILES string of the molecule is CCCc1ccc(C2CCC(OCC3CCC(CC/C=C(\F)C#N)CC3)CC2)cc1. The van der Waals surface area contributed by atoms with Gasteiger partial charge < -0.3 is 4.74 Å². The molecule has 2 aliphatic carbocycles. The van der Waals surface area contributed by atoms with E-state index in [1.165, 1.54) is 81.4 Å². The first kappa shape index (κ1) is 23.0. The molecule has 3 heteroatoms. The van der Waals surface area contributed by atoms with Crippen LogP contribution in [0.5, 0.6) is 0 Å². The van der Waals surface area contributed by atoms with Gasteiger partial charge in [-0.25, -0.2) is 0 Å². The van der Waals surface area contributed by atoms with Gasteiger partial charge >= 0.3 is 0 Å². The molecule has 3 rings (SSSR count). The van der Waals surface area contributed by atoms with Gasteiger partial charge in [-0.15, -0.1) is 0 Å². The van der Waals surface area contributed by atoms with Crippen LogP contribution in [0.1, 0.15) is 94.6 Å². The molecule has 2 fully saturated rings. The lowest BCUT2D eigenvalue weighted by molar-refractivity contribution is -0.00474. The quantitative estimate of drug-likeness (QED) is 0.391. The molecule has 1 aromatic carbocycles. The molecule has 0 N–H and O–H groups in total. The Morgan fingerprint density at radius 3 is 2.33 bits per heavy atom. The minimum Gasteiger partial charge on any atom is -0.378 e. The van der Waals surface area contributed by atoms with Crippen molar-refractivity contribution in [2.45, 2.75) is 96.0 Å². The van der Waals surface area contributed by atoms with Gasteiger partial charge in [0.25, 0.3) is 0 Å². The molecule has 30 heavy (non-hydrogen) atoms. The highest BCUT2D eigenvalue weighted by Gasteiger charge is 2.25. The van der Waals surface area contributed by atoms with E-state index in [0.717, 1.165) is 13.0 Å². The molecule has 0 spiro atoms. The van der Waals surface area contributed by atoms with Gasteiger partial charge in [0, 0.05) is 6.61 Å². The van der Waals surface area contributed by atoms with Gasteiger partial charge in [0.2, 0.25) is 0 Å². The lowest BCUT2D eigenvalue weighted by Gasteiger charge is -2.32. The van der Waals surface area contributed by atoms with E-state index in [1.54, 1.807) is 6.07 Å². The summed E-state index contributed by atoms with van der Waals surface area (Å²) in [7, 11) is 0. The van der Waals surface area contributed by atoms with Crippen LogP contribution in [0.4, 0.5) is 4.39 Å². The lowest BCUT2D eigenvalue weighted by atomic mass is 9.80. The maximum absolute atomic E-state index is 12.9. The zero-order valence-electron chi connectivity index (χ0n) is 18.6. The Kier molecular flexibility index (Phi) is 9.40. The van der Waals surface area contributed by atoms with Gasteiger partial charge in [0.05, 0.1) is 6.10 Å². The molecule has 0 radical (unpaired) electrons. The minimum absolute atomic E-state index is 0.442. The first-order valence-electron chi connectivity index (χ1n) is 12.1. The van der Waals surface area contributed by atoms with Crippen molar-refractivity contribution in [1.29, 1.82) is 5.26 Å². The second kappa shape index (κ2) is 12.3. The summed E-state index contributed by atoms with van der Waals surface area (Å²) in [6, 6.07) is 10.9. The Morgan fingerprint density at radius 1 is 1.03 bits per heavy atom. The fraction of sp³-hybridized carbons (Fsp3) is 0.667. The van der Waals surface area contributed by atoms with Crippen molar-refractivity contribution >= 4 is 0 Å². The second-order valence-electron chi connectivity index (χ2n) is 9.43. The number of halogens is 1. The Hall–Kier alpha value is -1.66. The molecule has 2 aliphatic rings. The Morgan fingerprint density at radius 2 is 1.70 bits per heavy atom. The molecule has 2 nitrogen and oxygen atoms in total. The normalized spacial score (nSPS) is 27.6. The van der Waals surface area contributed by atoms with Crippen molar-refractivity contribution < 1.29 is 9.13 Å². The van der Waals surface area contributed by atoms with E-state index in [2.05, 4.69) is 31.2 Å². The van der Waals surface area contributed by atoms with Crippen molar-refractivity contribution in [2.75, 3.05) is 6.61 Å². The van der Waals surface area contributed by atoms with Gasteiger partial charge in [0.15, 0.2) is 5.83 Å². The first-order chi connectivity index (χ1) is 14.7. The number of nitriles is 1. The largest absolute Gasteiger partial charge is 0.378 e. The van der Waals surface area contributed by atoms with E-state index in [4.69, 9.17) is 10.00 Å². The molecule has 1 aromatic rings. The lowest BCUT2D eigenvalue weighted by Crippen LogP contribution is -2.25. The second-order valence-corrected chi connectivity index (χ2v) is 9.43. The van der Waals surface area contributed by atoms with Crippen LogP contribution >= 0.6 is 0 Å². The molecule has 0 atom stereocenters. The average Bonchev–Trinajstić information content (AvgIpc) is 2.79. The Balaban J connectivity index is 1.30. The average molecular weight is 412 g/mol. The third-order valence-electron chi connectivity index (χ3n) is 7.20. The van der Waals surface area contributed by atoms with Crippen LogP contribution in [-0.2, 0) is 11.2 Å². The van der Waals surface area contributed by atoms with E-state index in [0.29, 0.717) is 30.3 Å². The third-order valence-corrected chi connectivity index (χ3v) is 7.20. The molecule has 0 bridgehead atoms. The number of hydrogen-bond donors (Lipinski definition) is 0. The maximum atomic E-state index is 12.9. The topological polar surface area (TPSA) is 33.0 Å². The standard InChI is InChI=1S/C27H38FNO/c1-2-4-21-11-13-24(14-12-21)25-15-17-27(18-16-25)30-20-23-9-7-22(8-10-23)5-3-6-26(28)19-29/h6,11-14,22-23,25,27H,2-5,7-10,15-18,20H2,1H3/b26-6-. The van der Waals surface area contributed by atoms with Crippen molar-refractivity contribution in [2.24, 2.45) is 11.8 Å². The fourth-order valence-corrected chi connectivity index (χ4v) is 5.26. The number of benzene rings is 1. The highest BCUT2D eigenvalue weighted by atomic mass is 19.1. The fourth-order valence-electron chi connectivity index (χ4n) is 5.26. The maximum Gasteiger partial charge on any atom is 0.196 e. The van der Waals surface area contributed by atoms with E-state index in [-0.39, 0.29) is 0 Å². The molecule has 164 valence electrons. The zero-order chi connectivity index (χ0) is 21.2. The zero-order valence-corrected chi connectivity index (χ0v) is 18.6. The van der Waals surface area contributed by atoms with E-state index < -0.39 is 5.83 Å². The van der Waals surface area contributed by atoms with Crippen LogP contribution < -0.4 is 0 Å². The van der Waals surface area contributed by atoms with Gasteiger partial charge in [0.1, 0.15) is 6.07 Å². The summed E-state index contributed by atoms with van der Waals surface area (Å²) >= 11 is 0. The number of allylic oxidation sites excluding steroid dienone is 2. The molecule has 0 heterocycles. The Labute approximate surface area is 182 Å². The van der Waals surface area contributed by atoms with Gasteiger partial charge in [-0.3, -0.25) is 0 Å². The summed E-state index contributed by atoms with van der Waals surface area (Å²) in [5.41, 5.74) is 2.97. The summed E-state index contributed by atoms with van der Waals surface area (Å²) in [4.78, 5) is 0. The highest BCUT2D eigenvalue weighted by Crippen LogP contribution is 2.36. The van der Waals surface area contributed by atoms with Crippen LogP contribution in [-0.4, -0.2) is 12.7 Å². The number of rotatable bonds is 9. The summed E-state index contributed by atoms with van der Waals surface area (Å²) in [6.45, 7) is 3.15. The van der Waals surface area contributed by atoms with E-state index in [1.807, 2.05) is 0 Å². The van der Waals surface area contributed by atoms with Crippen LogP contribution in [0.15, 0.2) is 36.2 Å². The summed E-state index contributed by atoms with van der Waals surface area (Å²) in [6.07, 6.45) is 15.7. The van der Waals surface area contributed by atoms with E-state index in [9.17, 15) is 4.39 Å². The third kappa shape index (κ3) is 7.24. The van der Waals surface area contributed by atoms with E-state index >= 15 is 0 Å². The molecule has 0 aliphatic heterocycles. The van der Waals surface area contributed by atoms with Crippen LogP contribution in [0.2, 0.25) is 0 Å². The van der Waals surface area contributed by atoms with Crippen molar-refractivity contribution in [3.05, 3.63) is 47.3 Å². The summed E-state index contributed by atoms with van der Waals surface area (Å²) in [5.74, 6) is 1.44. The molecule has 0 unspecified atom stereocenters. The van der Waals surface area contributed by atoms with Crippen LogP contribution in [0, 0.1) is 23.2 Å². The van der Waals surface area contributed by atoms with Gasteiger partial charge in [-0.05, 0) is 92.7 Å². The van der Waals surface area contributed by atoms with Gasteiger partial charge in [-0.2, -0.15) is 9.65 Å². The molecular formula is C27H38FNO. The predicted molar refractivity (Wildman–Crippen MR) is 121 cm³/mol. The minimum atomic E-state index is -0.639. The van der Waals surface area contributed by atoms with Crippen molar-refractivity contribution in [3.8, 4) is 6.07 Å². The smallest absolute Gasteiger partial charge is 0.196 e. The van der Waals surface area contributed by atoms with Crippen LogP contribution in [0.25, 0.3) is 0 Å². The number of nitrogens with zero attached hydrogens (tertiary/aromatic N) is 1. The first-order valence-corrected chi connectivity index (χ1v) is 12.1. The van der Waals surface area contributed by atoms with Crippen molar-refractivity contribution in [1.82, 2.24) is 0 Å². The molecule has 0 saturated heterocycles. The molecule has 0 aromatic heterocycles. The van der Waals surface area contributed by atoms with Gasteiger partial charge in [-0.1, -0.05) is 50.5 Å². The predicted octanol–water partition coefficient (Wildman–Crippen LogP) is 7.65. The van der Waals surface area contributed by atoms with Crippen molar-refractivity contribution in [3.63, 3.8) is 0 Å². The number of aryl methyl sites for hydroxylation is 1. The molecule has 0 amide bonds. The highest BCUT2D eigenvalue weighted by molar-refractivity contribution is 5.26. The summed E-state index contributed by atoms with van der Waals surface area (Å²) in [5, 5.41) is 8.47. The monoisotopic (exact) mass is 411 g/mol.